The van der Waals surface area contributed by atoms with E-state index in [2.05, 4.69) is 25.8 Å². The summed E-state index contributed by atoms with van der Waals surface area (Å²) in [4.78, 5) is 12.6. The molecule has 0 saturated carbocycles. The first-order chi connectivity index (χ1) is 8.20. The average Bonchev–Trinajstić information content (AvgIpc) is 2.39. The van der Waals surface area contributed by atoms with E-state index < -0.39 is 0 Å². The summed E-state index contributed by atoms with van der Waals surface area (Å²) in [6.07, 6.45) is 3.21. The smallest absolute Gasteiger partial charge is 0.225 e. The fraction of sp³-hybridized carbons (Fsp3) is 0.545. The van der Waals surface area contributed by atoms with Gasteiger partial charge in [0.25, 0.3) is 0 Å². The van der Waals surface area contributed by atoms with Crippen LogP contribution in [0.4, 0.5) is 5.95 Å². The first-order valence-corrected chi connectivity index (χ1v) is 5.94. The lowest BCUT2D eigenvalue weighted by Gasteiger charge is -2.35. The Bertz CT molecular complexity index is 405. The molecule has 1 fully saturated rings. The Kier molecular flexibility index (Phi) is 3.77. The molecule has 1 saturated heterocycles. The van der Waals surface area contributed by atoms with Crippen molar-refractivity contribution in [3.63, 3.8) is 0 Å². The number of piperazine rings is 1. The van der Waals surface area contributed by atoms with Crippen molar-refractivity contribution >= 4 is 17.5 Å². The van der Waals surface area contributed by atoms with Gasteiger partial charge in [-0.05, 0) is 6.92 Å². The summed E-state index contributed by atoms with van der Waals surface area (Å²) in [5.74, 6) is 0.707. The van der Waals surface area contributed by atoms with Crippen LogP contribution in [0.3, 0.4) is 0 Å². The van der Waals surface area contributed by atoms with Gasteiger partial charge in [0.2, 0.25) is 5.95 Å². The number of anilines is 1. The molecule has 0 N–H and O–H groups in total. The van der Waals surface area contributed by atoms with Crippen molar-refractivity contribution in [2.45, 2.75) is 13.0 Å². The molecule has 0 bridgehead atoms. The SMILES string of the molecule is CC(C#N)N1CCN(c2ncc(Cl)cn2)CC1. The molecule has 2 rings (SSSR count). The molecule has 1 unspecified atom stereocenters. The van der Waals surface area contributed by atoms with Gasteiger partial charge in [0.1, 0.15) is 0 Å². The number of halogens is 1. The third-order valence-corrected chi connectivity index (χ3v) is 3.13. The fourth-order valence-corrected chi connectivity index (χ4v) is 1.96. The van der Waals surface area contributed by atoms with Crippen LogP contribution in [-0.4, -0.2) is 47.1 Å². The summed E-state index contributed by atoms with van der Waals surface area (Å²) in [6, 6.07) is 2.23. The molecule has 1 atom stereocenters. The summed E-state index contributed by atoms with van der Waals surface area (Å²) >= 11 is 5.75. The van der Waals surface area contributed by atoms with Gasteiger partial charge >= 0.3 is 0 Å². The molecule has 5 nitrogen and oxygen atoms in total. The maximum atomic E-state index is 8.86. The summed E-state index contributed by atoms with van der Waals surface area (Å²) in [7, 11) is 0. The van der Waals surface area contributed by atoms with E-state index in [1.807, 2.05) is 6.92 Å². The van der Waals surface area contributed by atoms with Gasteiger partial charge in [-0.15, -0.1) is 0 Å². The second kappa shape index (κ2) is 5.30. The van der Waals surface area contributed by atoms with E-state index in [-0.39, 0.29) is 6.04 Å². The van der Waals surface area contributed by atoms with Crippen molar-refractivity contribution < 1.29 is 0 Å². The third kappa shape index (κ3) is 2.84. The second-order valence-electron chi connectivity index (χ2n) is 4.03. The van der Waals surface area contributed by atoms with Gasteiger partial charge in [-0.3, -0.25) is 4.90 Å². The molecular formula is C11H14ClN5. The number of nitrogens with zero attached hydrogens (tertiary/aromatic N) is 5. The van der Waals surface area contributed by atoms with Crippen LogP contribution in [0.5, 0.6) is 0 Å². The fourth-order valence-electron chi connectivity index (χ4n) is 1.86. The lowest BCUT2D eigenvalue weighted by atomic mass is 10.2. The average molecular weight is 252 g/mol. The minimum atomic E-state index is -0.0247. The summed E-state index contributed by atoms with van der Waals surface area (Å²) < 4.78 is 0. The number of hydrogen-bond acceptors (Lipinski definition) is 5. The van der Waals surface area contributed by atoms with Crippen molar-refractivity contribution in [3.8, 4) is 6.07 Å². The van der Waals surface area contributed by atoms with Crippen LogP contribution in [0, 0.1) is 11.3 Å². The Morgan fingerprint density at radius 2 is 1.88 bits per heavy atom. The molecule has 0 aliphatic carbocycles. The van der Waals surface area contributed by atoms with E-state index in [1.165, 1.54) is 0 Å². The van der Waals surface area contributed by atoms with Crippen LogP contribution >= 0.6 is 11.6 Å². The second-order valence-corrected chi connectivity index (χ2v) is 4.47. The Labute approximate surface area is 106 Å². The van der Waals surface area contributed by atoms with Gasteiger partial charge in [-0.1, -0.05) is 11.6 Å². The van der Waals surface area contributed by atoms with Crippen molar-refractivity contribution in [2.75, 3.05) is 31.1 Å². The van der Waals surface area contributed by atoms with Crippen molar-refractivity contribution in [3.05, 3.63) is 17.4 Å². The van der Waals surface area contributed by atoms with Gasteiger partial charge in [0.05, 0.1) is 29.5 Å². The maximum absolute atomic E-state index is 8.86. The molecule has 0 radical (unpaired) electrons. The van der Waals surface area contributed by atoms with Crippen molar-refractivity contribution in [2.24, 2.45) is 0 Å². The lowest BCUT2D eigenvalue weighted by Crippen LogP contribution is -2.49. The molecule has 1 aliphatic heterocycles. The van der Waals surface area contributed by atoms with Gasteiger partial charge < -0.3 is 4.90 Å². The van der Waals surface area contributed by atoms with Gasteiger partial charge in [-0.2, -0.15) is 5.26 Å². The molecule has 0 spiro atoms. The zero-order valence-corrected chi connectivity index (χ0v) is 10.4. The van der Waals surface area contributed by atoms with Gasteiger partial charge in [0, 0.05) is 26.2 Å². The number of hydrogen-bond donors (Lipinski definition) is 0. The molecule has 0 amide bonds. The van der Waals surface area contributed by atoms with Crippen LogP contribution in [-0.2, 0) is 0 Å². The standard InChI is InChI=1S/C11H14ClN5/c1-9(6-13)16-2-4-17(5-3-16)11-14-7-10(12)8-15-11/h7-9H,2-5H2,1H3. The quantitative estimate of drug-likeness (QED) is 0.790. The van der Waals surface area contributed by atoms with E-state index in [4.69, 9.17) is 16.9 Å². The first kappa shape index (κ1) is 12.1. The highest BCUT2D eigenvalue weighted by Gasteiger charge is 2.21. The highest BCUT2D eigenvalue weighted by atomic mass is 35.5. The lowest BCUT2D eigenvalue weighted by molar-refractivity contribution is 0.230. The monoisotopic (exact) mass is 251 g/mol. The number of aromatic nitrogens is 2. The summed E-state index contributed by atoms with van der Waals surface area (Å²) in [5.41, 5.74) is 0. The summed E-state index contributed by atoms with van der Waals surface area (Å²) in [6.45, 7) is 5.33. The van der Waals surface area contributed by atoms with Gasteiger partial charge in [-0.25, -0.2) is 9.97 Å². The first-order valence-electron chi connectivity index (χ1n) is 5.57. The number of rotatable bonds is 2. The predicted molar refractivity (Wildman–Crippen MR) is 65.9 cm³/mol. The van der Waals surface area contributed by atoms with Gasteiger partial charge in [0.15, 0.2) is 0 Å². The zero-order valence-electron chi connectivity index (χ0n) is 9.67. The normalized spacial score (nSPS) is 18.8. The molecule has 6 heteroatoms. The molecule has 2 heterocycles. The highest BCUT2D eigenvalue weighted by Crippen LogP contribution is 2.13. The van der Waals surface area contributed by atoms with Crippen LogP contribution in [0.2, 0.25) is 5.02 Å². The van der Waals surface area contributed by atoms with Crippen molar-refractivity contribution in [1.82, 2.24) is 14.9 Å². The van der Waals surface area contributed by atoms with E-state index in [9.17, 15) is 0 Å². The Hall–Kier alpha value is -1.38. The summed E-state index contributed by atoms with van der Waals surface area (Å²) in [5, 5.41) is 9.40. The molecule has 17 heavy (non-hydrogen) atoms. The zero-order chi connectivity index (χ0) is 12.3. The largest absolute Gasteiger partial charge is 0.338 e. The van der Waals surface area contributed by atoms with E-state index in [1.54, 1.807) is 12.4 Å². The van der Waals surface area contributed by atoms with Crippen LogP contribution < -0.4 is 4.90 Å². The predicted octanol–water partition coefficient (Wildman–Crippen LogP) is 1.16. The minimum Gasteiger partial charge on any atom is -0.338 e. The topological polar surface area (TPSA) is 56.1 Å². The van der Waals surface area contributed by atoms with E-state index >= 15 is 0 Å². The Balaban J connectivity index is 1.95. The number of nitriles is 1. The third-order valence-electron chi connectivity index (χ3n) is 2.94. The highest BCUT2D eigenvalue weighted by molar-refractivity contribution is 6.30. The van der Waals surface area contributed by atoms with E-state index in [0.29, 0.717) is 11.0 Å². The van der Waals surface area contributed by atoms with Crippen LogP contribution in [0.1, 0.15) is 6.92 Å². The molecule has 1 aliphatic rings. The Morgan fingerprint density at radius 3 is 2.41 bits per heavy atom. The van der Waals surface area contributed by atoms with Crippen molar-refractivity contribution in [1.29, 1.82) is 5.26 Å². The molecule has 1 aromatic heterocycles. The molecule has 0 aromatic carbocycles. The molecule has 90 valence electrons. The van der Waals surface area contributed by atoms with Crippen LogP contribution in [0.25, 0.3) is 0 Å². The maximum Gasteiger partial charge on any atom is 0.225 e. The minimum absolute atomic E-state index is 0.0247. The van der Waals surface area contributed by atoms with Crippen LogP contribution in [0.15, 0.2) is 12.4 Å². The molecule has 1 aromatic rings. The van der Waals surface area contributed by atoms with E-state index in [0.717, 1.165) is 26.2 Å². The Morgan fingerprint density at radius 1 is 1.29 bits per heavy atom. The molecular weight excluding hydrogens is 238 g/mol.